The molecule has 0 spiro atoms. The lowest BCUT2D eigenvalue weighted by Crippen LogP contribution is -2.49. The molecule has 3 aromatic carbocycles. The van der Waals surface area contributed by atoms with Crippen LogP contribution in [-0.4, -0.2) is 38.5 Å². The summed E-state index contributed by atoms with van der Waals surface area (Å²) in [6.45, 7) is 1.85. The summed E-state index contributed by atoms with van der Waals surface area (Å²) < 4.78 is 30.0. The number of benzene rings is 3. The van der Waals surface area contributed by atoms with Crippen molar-refractivity contribution in [3.05, 3.63) is 60.2 Å². The summed E-state index contributed by atoms with van der Waals surface area (Å²) in [4.78, 5) is 0. The average Bonchev–Trinajstić information content (AvgIpc) is 3.06. The minimum Gasteiger partial charge on any atom is -0.394 e. The fraction of sp³-hybridized carbons (Fsp3) is 0.273. The lowest BCUT2D eigenvalue weighted by atomic mass is 10.00. The molecule has 0 saturated heterocycles. The lowest BCUT2D eigenvalue weighted by molar-refractivity contribution is 0.118. The molecular weight excluding hydrogens is 406 g/mol. The minimum absolute atomic E-state index is 0.131. The molecule has 0 aliphatic rings. The van der Waals surface area contributed by atoms with Crippen molar-refractivity contribution in [3.8, 4) is 0 Å². The molecule has 1 heterocycles. The molecule has 4 rings (SSSR count). The molecule has 0 aliphatic carbocycles. The van der Waals surface area contributed by atoms with Crippen LogP contribution in [0.1, 0.15) is 12.5 Å². The van der Waals surface area contributed by atoms with E-state index >= 15 is 0 Å². The molecule has 29 heavy (non-hydrogen) atoms. The molecule has 1 unspecified atom stereocenters. The highest BCUT2D eigenvalue weighted by Gasteiger charge is 2.25. The third-order valence-corrected chi connectivity index (χ3v) is 6.79. The van der Waals surface area contributed by atoms with E-state index in [4.69, 9.17) is 4.18 Å². The molecule has 1 aromatic heterocycles. The Balaban J connectivity index is 1.67. The Hall–Kier alpha value is -2.03. The van der Waals surface area contributed by atoms with Crippen molar-refractivity contribution in [2.45, 2.75) is 19.0 Å². The fourth-order valence-electron chi connectivity index (χ4n) is 3.41. The molecule has 0 bridgehead atoms. The van der Waals surface area contributed by atoms with E-state index in [1.165, 1.54) is 20.2 Å². The Morgan fingerprint density at radius 2 is 1.83 bits per heavy atom. The molecule has 2 N–H and O–H groups in total. The summed E-state index contributed by atoms with van der Waals surface area (Å²) in [6.07, 6.45) is 1.01. The van der Waals surface area contributed by atoms with E-state index in [2.05, 4.69) is 47.8 Å². The van der Waals surface area contributed by atoms with E-state index < -0.39 is 15.7 Å². The first-order valence-corrected chi connectivity index (χ1v) is 11.9. The highest BCUT2D eigenvalue weighted by molar-refractivity contribution is 7.85. The van der Waals surface area contributed by atoms with Crippen LogP contribution in [0.3, 0.4) is 0 Å². The van der Waals surface area contributed by atoms with Crippen LogP contribution in [0.15, 0.2) is 54.6 Å². The molecule has 0 fully saturated rings. The molecule has 0 aliphatic heterocycles. The van der Waals surface area contributed by atoms with Gasteiger partial charge in [-0.3, -0.25) is 4.18 Å². The Labute approximate surface area is 174 Å². The van der Waals surface area contributed by atoms with E-state index in [1.54, 1.807) is 18.3 Å². The van der Waals surface area contributed by atoms with Gasteiger partial charge in [0, 0.05) is 26.7 Å². The zero-order valence-electron chi connectivity index (χ0n) is 16.3. The van der Waals surface area contributed by atoms with E-state index in [0.29, 0.717) is 6.54 Å². The predicted molar refractivity (Wildman–Crippen MR) is 120 cm³/mol. The fourth-order valence-corrected chi connectivity index (χ4v) is 5.02. The Morgan fingerprint density at radius 3 is 2.59 bits per heavy atom. The molecule has 7 heteroatoms. The van der Waals surface area contributed by atoms with Crippen molar-refractivity contribution >= 4 is 52.4 Å². The first kappa shape index (κ1) is 20.3. The normalized spacial score (nSPS) is 14.6. The monoisotopic (exact) mass is 429 g/mol. The van der Waals surface area contributed by atoms with Crippen LogP contribution < -0.4 is 5.32 Å². The number of hydrogen-bond acceptors (Lipinski definition) is 6. The Bertz CT molecular complexity index is 1300. The Kier molecular flexibility index (Phi) is 5.35. The van der Waals surface area contributed by atoms with E-state index in [0.717, 1.165) is 22.6 Å². The van der Waals surface area contributed by atoms with Gasteiger partial charge in [0.25, 0.3) is 10.1 Å². The Morgan fingerprint density at radius 1 is 1.03 bits per heavy atom. The topological polar surface area (TPSA) is 75.6 Å². The number of thiophene rings is 1. The summed E-state index contributed by atoms with van der Waals surface area (Å²) in [5.41, 5.74) is 0.216. The summed E-state index contributed by atoms with van der Waals surface area (Å²) in [5, 5.41) is 17.8. The third kappa shape index (κ3) is 4.29. The van der Waals surface area contributed by atoms with Gasteiger partial charge >= 0.3 is 0 Å². The second-order valence-corrected chi connectivity index (χ2v) is 10.4. The maximum atomic E-state index is 11.3. The molecular formula is C22H23NO4S2. The summed E-state index contributed by atoms with van der Waals surface area (Å²) >= 11 is 1.78. The van der Waals surface area contributed by atoms with Crippen molar-refractivity contribution in [3.63, 3.8) is 0 Å². The largest absolute Gasteiger partial charge is 0.394 e. The van der Waals surface area contributed by atoms with Gasteiger partial charge in [-0.25, -0.2) is 0 Å². The third-order valence-electron chi connectivity index (χ3n) is 5.11. The van der Waals surface area contributed by atoms with Gasteiger partial charge in [0.05, 0.1) is 25.0 Å². The van der Waals surface area contributed by atoms with Crippen LogP contribution >= 0.6 is 11.3 Å². The number of nitrogens with one attached hydrogen (secondary N) is 1. The SMILES string of the molecule is CC(CO)(COS(C)(=O)=O)NCc1cccc2cc3c(cc12)sc1ccccc13. The van der Waals surface area contributed by atoms with Crippen molar-refractivity contribution < 1.29 is 17.7 Å². The van der Waals surface area contributed by atoms with Gasteiger partial charge in [-0.05, 0) is 41.5 Å². The first-order chi connectivity index (χ1) is 13.8. The first-order valence-electron chi connectivity index (χ1n) is 9.31. The summed E-state index contributed by atoms with van der Waals surface area (Å²) in [6, 6.07) is 19.0. The van der Waals surface area contributed by atoms with Gasteiger partial charge in [0.2, 0.25) is 0 Å². The summed E-state index contributed by atoms with van der Waals surface area (Å²) in [7, 11) is -3.57. The molecule has 0 saturated carbocycles. The number of aliphatic hydroxyl groups is 1. The number of rotatable bonds is 7. The van der Waals surface area contributed by atoms with Crippen molar-refractivity contribution in [2.75, 3.05) is 19.5 Å². The predicted octanol–water partition coefficient (Wildman–Crippen LogP) is 4.02. The van der Waals surface area contributed by atoms with Gasteiger partial charge in [0.15, 0.2) is 0 Å². The molecule has 0 radical (unpaired) electrons. The highest BCUT2D eigenvalue weighted by Crippen LogP contribution is 2.37. The zero-order chi connectivity index (χ0) is 20.6. The van der Waals surface area contributed by atoms with Crippen LogP contribution in [0, 0.1) is 0 Å². The standard InChI is InChI=1S/C22H23NO4S2/c1-22(13-24,14-27-29(2,25)26)23-12-16-7-5-6-15-10-19-17-8-3-4-9-20(17)28-21(19)11-18(15)16/h3-11,23-24H,12-14H2,1-2H3. The minimum atomic E-state index is -3.57. The van der Waals surface area contributed by atoms with Gasteiger partial charge in [-0.1, -0.05) is 36.4 Å². The van der Waals surface area contributed by atoms with Crippen LogP contribution in [0.25, 0.3) is 30.9 Å². The van der Waals surface area contributed by atoms with Crippen molar-refractivity contribution in [2.24, 2.45) is 0 Å². The van der Waals surface area contributed by atoms with Gasteiger partial charge in [0.1, 0.15) is 0 Å². The number of fused-ring (bicyclic) bond motifs is 4. The van der Waals surface area contributed by atoms with Gasteiger partial charge < -0.3 is 10.4 Å². The molecule has 5 nitrogen and oxygen atoms in total. The highest BCUT2D eigenvalue weighted by atomic mass is 32.2. The molecule has 1 atom stereocenters. The van der Waals surface area contributed by atoms with Crippen LogP contribution in [0.2, 0.25) is 0 Å². The quantitative estimate of drug-likeness (QED) is 0.434. The van der Waals surface area contributed by atoms with Crippen LogP contribution in [0.5, 0.6) is 0 Å². The second-order valence-electron chi connectivity index (χ2n) is 7.62. The van der Waals surface area contributed by atoms with Crippen molar-refractivity contribution in [1.29, 1.82) is 0 Å². The lowest BCUT2D eigenvalue weighted by Gasteiger charge is -2.28. The molecule has 4 aromatic rings. The zero-order valence-corrected chi connectivity index (χ0v) is 17.9. The average molecular weight is 430 g/mol. The summed E-state index contributed by atoms with van der Waals surface area (Å²) in [5.74, 6) is 0. The van der Waals surface area contributed by atoms with Crippen LogP contribution in [-0.2, 0) is 20.8 Å². The van der Waals surface area contributed by atoms with Gasteiger partial charge in [-0.2, -0.15) is 8.42 Å². The maximum Gasteiger partial charge on any atom is 0.264 e. The van der Waals surface area contributed by atoms with Crippen molar-refractivity contribution in [1.82, 2.24) is 5.32 Å². The van der Waals surface area contributed by atoms with Crippen LogP contribution in [0.4, 0.5) is 0 Å². The maximum absolute atomic E-state index is 11.3. The van der Waals surface area contributed by atoms with Gasteiger partial charge in [-0.15, -0.1) is 11.3 Å². The smallest absolute Gasteiger partial charge is 0.264 e. The van der Waals surface area contributed by atoms with E-state index in [-0.39, 0.29) is 13.2 Å². The number of hydrogen-bond donors (Lipinski definition) is 2. The molecule has 152 valence electrons. The second kappa shape index (κ2) is 7.66. The van der Waals surface area contributed by atoms with E-state index in [9.17, 15) is 13.5 Å². The number of aliphatic hydroxyl groups excluding tert-OH is 1. The van der Waals surface area contributed by atoms with E-state index in [1.807, 2.05) is 12.1 Å². The molecule has 0 amide bonds.